The van der Waals surface area contributed by atoms with Crippen LogP contribution in [0, 0.1) is 0 Å². The molecule has 3 N–H and O–H groups in total. The molecular formula is C42H79O10P. The van der Waals surface area contributed by atoms with Crippen molar-refractivity contribution >= 4 is 19.8 Å². The molecular weight excluding hydrogens is 695 g/mol. The van der Waals surface area contributed by atoms with E-state index in [0.29, 0.717) is 12.8 Å². The van der Waals surface area contributed by atoms with Crippen LogP contribution in [0.3, 0.4) is 0 Å². The summed E-state index contributed by atoms with van der Waals surface area (Å²) >= 11 is 0. The molecule has 312 valence electrons. The van der Waals surface area contributed by atoms with Gasteiger partial charge in [0, 0.05) is 12.8 Å². The van der Waals surface area contributed by atoms with Gasteiger partial charge in [0.25, 0.3) is 0 Å². The monoisotopic (exact) mass is 775 g/mol. The van der Waals surface area contributed by atoms with Gasteiger partial charge in [-0.05, 0) is 44.9 Å². The normalized spacial score (nSPS) is 14.1. The summed E-state index contributed by atoms with van der Waals surface area (Å²) in [6.45, 7) is 2.18. The van der Waals surface area contributed by atoms with Gasteiger partial charge in [0.2, 0.25) is 0 Å². The molecule has 0 rings (SSSR count). The molecule has 0 aromatic rings. The average Bonchev–Trinajstić information content (AvgIpc) is 3.14. The highest BCUT2D eigenvalue weighted by atomic mass is 31.2. The molecule has 0 bridgehead atoms. The van der Waals surface area contributed by atoms with Gasteiger partial charge < -0.3 is 24.6 Å². The summed E-state index contributed by atoms with van der Waals surface area (Å²) in [5, 5.41) is 19.1. The van der Waals surface area contributed by atoms with E-state index in [0.717, 1.165) is 57.8 Å². The summed E-state index contributed by atoms with van der Waals surface area (Å²) in [6.07, 6.45) is 37.2. The van der Waals surface area contributed by atoms with Crippen LogP contribution in [0.2, 0.25) is 0 Å². The molecule has 11 heteroatoms. The first-order valence-electron chi connectivity index (χ1n) is 21.3. The molecule has 0 aliphatic rings. The second-order valence-electron chi connectivity index (χ2n) is 14.3. The molecule has 3 unspecified atom stereocenters. The van der Waals surface area contributed by atoms with E-state index in [-0.39, 0.29) is 12.8 Å². The molecule has 0 saturated heterocycles. The maximum atomic E-state index is 12.3. The minimum atomic E-state index is -4.63. The van der Waals surface area contributed by atoms with Crippen LogP contribution in [0.1, 0.15) is 194 Å². The van der Waals surface area contributed by atoms with Crippen LogP contribution in [0.5, 0.6) is 0 Å². The number of unbranched alkanes of at least 4 members (excludes halogenated alkanes) is 22. The molecule has 0 radical (unpaired) electrons. The lowest BCUT2D eigenvalue weighted by Crippen LogP contribution is -2.28. The highest BCUT2D eigenvalue weighted by Gasteiger charge is 2.27. The Kier molecular flexibility index (Phi) is 37.6. The Balaban J connectivity index is 3.94. The summed E-state index contributed by atoms with van der Waals surface area (Å²) in [7, 11) is -4.63. The van der Waals surface area contributed by atoms with E-state index in [4.69, 9.17) is 18.5 Å². The Bertz CT molecular complexity index is 941. The van der Waals surface area contributed by atoms with Crippen molar-refractivity contribution in [2.24, 2.45) is 0 Å². The fourth-order valence-electron chi connectivity index (χ4n) is 5.85. The molecule has 53 heavy (non-hydrogen) atoms. The molecule has 0 aliphatic heterocycles. The Hall–Kier alpha value is -1.55. The fraction of sp³-hybridized carbons (Fsp3) is 0.857. The van der Waals surface area contributed by atoms with Gasteiger partial charge in [-0.25, -0.2) is 4.57 Å². The Morgan fingerprint density at radius 1 is 0.509 bits per heavy atom. The first-order chi connectivity index (χ1) is 25.8. The van der Waals surface area contributed by atoms with Crippen molar-refractivity contribution in [3.63, 3.8) is 0 Å². The summed E-state index contributed by atoms with van der Waals surface area (Å²) in [5.41, 5.74) is 0. The lowest BCUT2D eigenvalue weighted by molar-refractivity contribution is -0.153. The minimum Gasteiger partial charge on any atom is -0.457 e. The van der Waals surface area contributed by atoms with E-state index < -0.39 is 58.4 Å². The maximum absolute atomic E-state index is 12.3. The second-order valence-corrected chi connectivity index (χ2v) is 15.8. The van der Waals surface area contributed by atoms with E-state index in [1.807, 2.05) is 0 Å². The first kappa shape index (κ1) is 51.5. The topological polar surface area (TPSA) is 149 Å². The van der Waals surface area contributed by atoms with Crippen molar-refractivity contribution in [2.75, 3.05) is 26.4 Å². The lowest BCUT2D eigenvalue weighted by Gasteiger charge is -2.20. The predicted molar refractivity (Wildman–Crippen MR) is 215 cm³/mol. The number of carbonyl (C=O) groups excluding carboxylic acids is 2. The van der Waals surface area contributed by atoms with Crippen molar-refractivity contribution in [2.45, 2.75) is 206 Å². The number of rotatable bonds is 40. The number of phosphoric ester groups is 1. The van der Waals surface area contributed by atoms with Gasteiger partial charge in [0.1, 0.15) is 12.2 Å². The zero-order chi connectivity index (χ0) is 39.1. The maximum Gasteiger partial charge on any atom is 0.472 e. The molecule has 10 nitrogen and oxygen atoms in total. The standard InChI is InChI=1S/C42H79O10P/c1-3-5-7-9-11-13-15-17-19-20-22-24-26-28-30-32-34-42(46)52-40(36-44)38-50-53(47,48)49-37-39(35-43)51-41(45)33-31-29-27-25-23-21-18-16-14-12-10-8-6-4-2/h13,15,19-20,39-40,43-44H,3-12,14,16-18,21-38H2,1-2H3,(H,47,48)/b15-13-,20-19-. The highest BCUT2D eigenvalue weighted by Crippen LogP contribution is 2.43. The van der Waals surface area contributed by atoms with Crippen molar-refractivity contribution < 1.29 is 47.8 Å². The number of ether oxygens (including phenoxy) is 2. The van der Waals surface area contributed by atoms with Crippen LogP contribution in [0.4, 0.5) is 0 Å². The van der Waals surface area contributed by atoms with Gasteiger partial charge in [-0.2, -0.15) is 0 Å². The third-order valence-corrected chi connectivity index (χ3v) is 10.1. The average molecular weight is 775 g/mol. The number of phosphoric acid groups is 1. The largest absolute Gasteiger partial charge is 0.472 e. The summed E-state index contributed by atoms with van der Waals surface area (Å²) in [5.74, 6) is -1.03. The number of allylic oxidation sites excluding steroid dienone is 4. The van der Waals surface area contributed by atoms with Gasteiger partial charge in [-0.15, -0.1) is 0 Å². The lowest BCUT2D eigenvalue weighted by atomic mass is 10.0. The number of aliphatic hydroxyl groups excluding tert-OH is 2. The molecule has 3 atom stereocenters. The molecule has 0 aromatic carbocycles. The van der Waals surface area contributed by atoms with Crippen molar-refractivity contribution in [1.29, 1.82) is 0 Å². The summed E-state index contributed by atoms with van der Waals surface area (Å²) in [6, 6.07) is 0. The number of esters is 2. The van der Waals surface area contributed by atoms with Gasteiger partial charge in [0.15, 0.2) is 0 Å². The first-order valence-corrected chi connectivity index (χ1v) is 22.8. The van der Waals surface area contributed by atoms with Crippen LogP contribution >= 0.6 is 7.82 Å². The van der Waals surface area contributed by atoms with Crippen LogP contribution in [-0.2, 0) is 32.7 Å². The van der Waals surface area contributed by atoms with Crippen molar-refractivity contribution in [3.8, 4) is 0 Å². The van der Waals surface area contributed by atoms with Crippen LogP contribution in [-0.4, -0.2) is 65.7 Å². The summed E-state index contributed by atoms with van der Waals surface area (Å²) in [4.78, 5) is 34.5. The minimum absolute atomic E-state index is 0.178. The third-order valence-electron chi connectivity index (χ3n) is 9.17. The quantitative estimate of drug-likeness (QED) is 0.0238. The SMILES string of the molecule is CCCCCC/C=C\C/C=C\CCCCCCCC(=O)OC(CO)COP(=O)(O)OCC(CO)OC(=O)CCCCCCCCCCCCCCCC. The number of aliphatic hydroxyl groups is 2. The number of hydrogen-bond donors (Lipinski definition) is 3. The third kappa shape index (κ3) is 37.2. The Morgan fingerprint density at radius 2 is 0.830 bits per heavy atom. The molecule has 0 heterocycles. The van der Waals surface area contributed by atoms with Crippen LogP contribution in [0.15, 0.2) is 24.3 Å². The van der Waals surface area contributed by atoms with Gasteiger partial charge in [-0.3, -0.25) is 18.6 Å². The van der Waals surface area contributed by atoms with Crippen molar-refractivity contribution in [1.82, 2.24) is 0 Å². The van der Waals surface area contributed by atoms with Crippen LogP contribution < -0.4 is 0 Å². The van der Waals surface area contributed by atoms with Crippen LogP contribution in [0.25, 0.3) is 0 Å². The van der Waals surface area contributed by atoms with E-state index in [1.165, 1.54) is 96.3 Å². The molecule has 0 aromatic heterocycles. The number of hydrogen-bond acceptors (Lipinski definition) is 9. The van der Waals surface area contributed by atoms with E-state index in [1.54, 1.807) is 0 Å². The molecule has 0 fully saturated rings. The van der Waals surface area contributed by atoms with Gasteiger partial charge in [0.05, 0.1) is 26.4 Å². The van der Waals surface area contributed by atoms with E-state index in [9.17, 15) is 29.3 Å². The Labute approximate surface area is 323 Å². The zero-order valence-corrected chi connectivity index (χ0v) is 34.6. The molecule has 0 aliphatic carbocycles. The smallest absolute Gasteiger partial charge is 0.457 e. The highest BCUT2D eigenvalue weighted by molar-refractivity contribution is 7.47. The zero-order valence-electron chi connectivity index (χ0n) is 33.7. The number of carbonyl (C=O) groups is 2. The predicted octanol–water partition coefficient (Wildman–Crippen LogP) is 11.0. The fourth-order valence-corrected chi connectivity index (χ4v) is 6.63. The molecule has 0 spiro atoms. The van der Waals surface area contributed by atoms with Gasteiger partial charge >= 0.3 is 19.8 Å². The molecule has 0 amide bonds. The van der Waals surface area contributed by atoms with E-state index in [2.05, 4.69) is 38.2 Å². The van der Waals surface area contributed by atoms with E-state index >= 15 is 0 Å². The summed E-state index contributed by atoms with van der Waals surface area (Å²) < 4.78 is 32.5. The Morgan fingerprint density at radius 3 is 1.19 bits per heavy atom. The second kappa shape index (κ2) is 38.7. The molecule has 0 saturated carbocycles. The van der Waals surface area contributed by atoms with Crippen molar-refractivity contribution in [3.05, 3.63) is 24.3 Å². The van der Waals surface area contributed by atoms with Gasteiger partial charge in [-0.1, -0.05) is 160 Å².